The van der Waals surface area contributed by atoms with Crippen LogP contribution in [0.2, 0.25) is 0 Å². The number of rotatable bonds is 6. The largest absolute Gasteiger partial charge is 0.297 e. The van der Waals surface area contributed by atoms with E-state index in [2.05, 4.69) is 51.9 Å². The first-order valence-electron chi connectivity index (χ1n) is 10.6. The summed E-state index contributed by atoms with van der Waals surface area (Å²) in [6.07, 6.45) is 6.35. The molecule has 0 bridgehead atoms. The van der Waals surface area contributed by atoms with Crippen LogP contribution in [0.15, 0.2) is 84.4 Å². The number of sulfonamides is 1. The van der Waals surface area contributed by atoms with E-state index in [0.29, 0.717) is 13.1 Å². The monoisotopic (exact) mass is 449 g/mol. The van der Waals surface area contributed by atoms with Crippen LogP contribution < -0.4 is 11.0 Å². The van der Waals surface area contributed by atoms with Gasteiger partial charge in [0.2, 0.25) is 0 Å². The summed E-state index contributed by atoms with van der Waals surface area (Å²) < 4.78 is 28.2. The lowest BCUT2D eigenvalue weighted by atomic mass is 10.0. The number of hydrazine groups is 1. The van der Waals surface area contributed by atoms with Gasteiger partial charge in [-0.15, -0.1) is 0 Å². The molecule has 3 N–H and O–H groups in total. The average Bonchev–Trinajstić information content (AvgIpc) is 3.52. The molecule has 2 aliphatic heterocycles. The van der Waals surface area contributed by atoms with Gasteiger partial charge in [-0.25, -0.2) is 23.8 Å². The fourth-order valence-corrected chi connectivity index (χ4v) is 5.84. The molecule has 5 rings (SSSR count). The minimum Gasteiger partial charge on any atom is -0.261 e. The summed E-state index contributed by atoms with van der Waals surface area (Å²) in [5, 5.41) is 2.06. The Kier molecular flexibility index (Phi) is 5.71. The highest BCUT2D eigenvalue weighted by Gasteiger charge is 2.42. The quantitative estimate of drug-likeness (QED) is 0.559. The Morgan fingerprint density at radius 3 is 2.56 bits per heavy atom. The zero-order valence-electron chi connectivity index (χ0n) is 17.5. The highest BCUT2D eigenvalue weighted by molar-refractivity contribution is 7.92. The second-order valence-electron chi connectivity index (χ2n) is 7.90. The van der Waals surface area contributed by atoms with E-state index in [4.69, 9.17) is 0 Å². The summed E-state index contributed by atoms with van der Waals surface area (Å²) in [4.78, 5) is 8.22. The summed E-state index contributed by atoms with van der Waals surface area (Å²) >= 11 is 0. The molecular weight excluding hydrogens is 424 g/mol. The Morgan fingerprint density at radius 2 is 1.81 bits per heavy atom. The highest BCUT2D eigenvalue weighted by Crippen LogP contribution is 2.34. The third kappa shape index (κ3) is 4.15. The minimum atomic E-state index is -3.63. The fraction of sp³-hybridized carbons (Fsp3) is 0.217. The lowest BCUT2D eigenvalue weighted by Crippen LogP contribution is -2.91. The van der Waals surface area contributed by atoms with Gasteiger partial charge >= 0.3 is 0 Å². The van der Waals surface area contributed by atoms with Gasteiger partial charge in [0.25, 0.3) is 15.1 Å². The van der Waals surface area contributed by atoms with Gasteiger partial charge in [-0.2, -0.15) is 4.31 Å². The normalized spacial score (nSPS) is 19.3. The number of quaternary nitrogens is 1. The maximum absolute atomic E-state index is 13.3. The van der Waals surface area contributed by atoms with Gasteiger partial charge < -0.3 is 0 Å². The molecule has 0 amide bonds. The molecule has 1 aromatic heterocycles. The van der Waals surface area contributed by atoms with Crippen LogP contribution in [0.25, 0.3) is 11.1 Å². The summed E-state index contributed by atoms with van der Waals surface area (Å²) in [5.74, 6) is 0. The number of nitrogens with two attached hydrogens (primary N) is 1. The van der Waals surface area contributed by atoms with Crippen molar-refractivity contribution in [2.45, 2.75) is 25.4 Å². The van der Waals surface area contributed by atoms with E-state index in [9.17, 15) is 8.42 Å². The molecule has 0 spiro atoms. The van der Waals surface area contributed by atoms with E-state index in [1.807, 2.05) is 18.2 Å². The van der Waals surface area contributed by atoms with Crippen molar-refractivity contribution in [3.8, 4) is 11.1 Å². The smallest absolute Gasteiger partial charge is 0.261 e. The number of hydrogen-bond donors (Lipinski definition) is 2. The Hall–Kier alpha value is -3.11. The van der Waals surface area contributed by atoms with Crippen molar-refractivity contribution in [1.29, 1.82) is 0 Å². The van der Waals surface area contributed by atoms with Gasteiger partial charge in [0.15, 0.2) is 0 Å². The number of nitrogens with zero attached hydrogens (tertiary/aromatic N) is 4. The predicted molar refractivity (Wildman–Crippen MR) is 120 cm³/mol. The van der Waals surface area contributed by atoms with Crippen LogP contribution in [0, 0.1) is 0 Å². The second kappa shape index (κ2) is 8.79. The van der Waals surface area contributed by atoms with Gasteiger partial charge in [-0.1, -0.05) is 60.1 Å². The molecule has 0 aliphatic carbocycles. The molecule has 3 heterocycles. The Labute approximate surface area is 187 Å². The zero-order chi connectivity index (χ0) is 22.0. The molecule has 1 fully saturated rings. The standard InChI is InChI=1S/C23H24N6O2S/c30-32(31,29-14-4-7-22(29)21-12-13-24-17-25-21)23-16-28(27-26-23)15-18-8-10-20(11-9-18)19-5-2-1-3-6-19/h1-3,5-6,8-13,16-17,22,26-27H,4,7,14-15H2/p+1. The van der Waals surface area contributed by atoms with Crippen molar-refractivity contribution < 1.29 is 13.8 Å². The summed E-state index contributed by atoms with van der Waals surface area (Å²) in [5.41, 5.74) is 8.77. The molecule has 9 heteroatoms. The predicted octanol–water partition coefficient (Wildman–Crippen LogP) is 1.91. The maximum atomic E-state index is 13.3. The molecule has 164 valence electrons. The molecular formula is C23H25N6O2S+. The first-order valence-corrected chi connectivity index (χ1v) is 12.1. The SMILES string of the molecule is O=S(=O)(C1=CN(Cc2ccc(-c3ccccc3)cc2)N[NH2+]1)N1CCCC1c1ccncn1. The van der Waals surface area contributed by atoms with Crippen molar-refractivity contribution in [3.05, 3.63) is 95.7 Å². The first-order chi connectivity index (χ1) is 15.6. The van der Waals surface area contributed by atoms with E-state index < -0.39 is 10.0 Å². The van der Waals surface area contributed by atoms with E-state index in [0.717, 1.165) is 29.7 Å². The van der Waals surface area contributed by atoms with Crippen molar-refractivity contribution in [1.82, 2.24) is 24.8 Å². The molecule has 2 aliphatic rings. The van der Waals surface area contributed by atoms with Gasteiger partial charge in [-0.3, -0.25) is 5.01 Å². The van der Waals surface area contributed by atoms with Crippen LogP contribution >= 0.6 is 0 Å². The molecule has 2 aromatic carbocycles. The molecule has 0 saturated carbocycles. The van der Waals surface area contributed by atoms with Gasteiger partial charge in [0.05, 0.1) is 24.5 Å². The molecule has 1 atom stereocenters. The summed E-state index contributed by atoms with van der Waals surface area (Å²) in [7, 11) is -3.63. The molecule has 1 saturated heterocycles. The third-order valence-corrected chi connectivity index (χ3v) is 7.70. The molecule has 1 unspecified atom stereocenters. The third-order valence-electron chi connectivity index (χ3n) is 5.83. The Bertz CT molecular complexity index is 1200. The molecule has 3 aromatic rings. The Balaban J connectivity index is 1.29. The molecule has 32 heavy (non-hydrogen) atoms. The number of aromatic nitrogens is 2. The van der Waals surface area contributed by atoms with Crippen LogP contribution in [0.4, 0.5) is 0 Å². The van der Waals surface area contributed by atoms with Crippen LogP contribution in [-0.2, 0) is 16.6 Å². The minimum absolute atomic E-state index is 0.253. The van der Waals surface area contributed by atoms with Crippen molar-refractivity contribution >= 4 is 10.0 Å². The summed E-state index contributed by atoms with van der Waals surface area (Å²) in [6.45, 7) is 1.04. The van der Waals surface area contributed by atoms with Crippen LogP contribution in [0.5, 0.6) is 0 Å². The number of benzene rings is 2. The van der Waals surface area contributed by atoms with Crippen molar-refractivity contribution in [2.75, 3.05) is 6.54 Å². The molecule has 8 nitrogen and oxygen atoms in total. The maximum Gasteiger partial charge on any atom is 0.297 e. The van der Waals surface area contributed by atoms with Crippen molar-refractivity contribution in [2.24, 2.45) is 0 Å². The van der Waals surface area contributed by atoms with E-state index in [1.54, 1.807) is 33.2 Å². The van der Waals surface area contributed by atoms with E-state index in [1.165, 1.54) is 11.9 Å². The second-order valence-corrected chi connectivity index (χ2v) is 9.79. The lowest BCUT2D eigenvalue weighted by molar-refractivity contribution is -0.668. The summed E-state index contributed by atoms with van der Waals surface area (Å²) in [6, 6.07) is 20.1. The van der Waals surface area contributed by atoms with Crippen LogP contribution in [0.3, 0.4) is 0 Å². The number of nitrogens with one attached hydrogen (secondary N) is 1. The average molecular weight is 450 g/mol. The van der Waals surface area contributed by atoms with E-state index >= 15 is 0 Å². The topological polar surface area (TPSA) is 95.0 Å². The first kappa shape index (κ1) is 20.8. The fourth-order valence-electron chi connectivity index (χ4n) is 4.19. The van der Waals surface area contributed by atoms with Gasteiger partial charge in [-0.05, 0) is 35.6 Å². The molecule has 0 radical (unpaired) electrons. The number of hydrogen-bond acceptors (Lipinski definition) is 6. The van der Waals surface area contributed by atoms with Crippen LogP contribution in [-0.4, -0.2) is 34.2 Å². The van der Waals surface area contributed by atoms with Gasteiger partial charge in [0.1, 0.15) is 6.33 Å². The lowest BCUT2D eigenvalue weighted by Gasteiger charge is -2.22. The highest BCUT2D eigenvalue weighted by atomic mass is 32.2. The van der Waals surface area contributed by atoms with Gasteiger partial charge in [0, 0.05) is 12.7 Å². The van der Waals surface area contributed by atoms with Crippen molar-refractivity contribution in [3.63, 3.8) is 0 Å². The Morgan fingerprint density at radius 1 is 1.03 bits per heavy atom. The zero-order valence-corrected chi connectivity index (χ0v) is 18.3. The van der Waals surface area contributed by atoms with Crippen LogP contribution in [0.1, 0.15) is 30.1 Å². The van der Waals surface area contributed by atoms with E-state index in [-0.39, 0.29) is 11.1 Å².